The maximum atomic E-state index is 12.0. The summed E-state index contributed by atoms with van der Waals surface area (Å²) in [6, 6.07) is 0. The molecular weight excluding hydrogens is 272 g/mol. The summed E-state index contributed by atoms with van der Waals surface area (Å²) in [6.45, 7) is 5.30. The van der Waals surface area contributed by atoms with Crippen molar-refractivity contribution in [2.45, 2.75) is 46.1 Å². The topological polar surface area (TPSA) is 81.4 Å². The number of rotatable bonds is 8. The van der Waals surface area contributed by atoms with E-state index in [1.165, 1.54) is 12.8 Å². The Hall–Kier alpha value is -1.69. The number of ether oxygens (including phenoxy) is 1. The molecule has 116 valence electrons. The largest absolute Gasteiger partial charge is 0.481 e. The second kappa shape index (κ2) is 6.85. The van der Waals surface area contributed by atoms with Crippen molar-refractivity contribution in [1.29, 1.82) is 0 Å². The van der Waals surface area contributed by atoms with E-state index in [0.717, 1.165) is 17.9 Å². The summed E-state index contributed by atoms with van der Waals surface area (Å²) in [4.78, 5) is 26.7. The van der Waals surface area contributed by atoms with E-state index in [1.54, 1.807) is 11.5 Å². The number of aliphatic carboxylic acids is 1. The van der Waals surface area contributed by atoms with E-state index in [4.69, 9.17) is 9.84 Å². The second-order valence-corrected chi connectivity index (χ2v) is 5.61. The third kappa shape index (κ3) is 4.39. The highest BCUT2D eigenvalue weighted by Gasteiger charge is 2.21. The van der Waals surface area contributed by atoms with Crippen LogP contribution in [0.2, 0.25) is 0 Å². The Morgan fingerprint density at radius 2 is 2.14 bits per heavy atom. The number of carboxylic acid groups (broad SMARTS) is 1. The van der Waals surface area contributed by atoms with E-state index >= 15 is 0 Å². The molecule has 1 saturated carbocycles. The van der Waals surface area contributed by atoms with Crippen molar-refractivity contribution in [3.8, 4) is 0 Å². The molecule has 1 N–H and O–H groups in total. The molecule has 0 aromatic carbocycles. The van der Waals surface area contributed by atoms with Crippen molar-refractivity contribution in [2.75, 3.05) is 13.2 Å². The van der Waals surface area contributed by atoms with Gasteiger partial charge in [-0.1, -0.05) is 0 Å². The van der Waals surface area contributed by atoms with Gasteiger partial charge in [0.2, 0.25) is 0 Å². The summed E-state index contributed by atoms with van der Waals surface area (Å²) in [5.41, 5.74) is 1.97. The molecule has 1 aromatic heterocycles. The molecule has 1 aromatic rings. The minimum atomic E-state index is -0.848. The van der Waals surface area contributed by atoms with Crippen LogP contribution in [0.3, 0.4) is 0 Å². The Morgan fingerprint density at radius 3 is 2.76 bits per heavy atom. The molecule has 6 nitrogen and oxygen atoms in total. The van der Waals surface area contributed by atoms with E-state index in [9.17, 15) is 9.59 Å². The molecule has 0 saturated heterocycles. The average molecular weight is 294 g/mol. The van der Waals surface area contributed by atoms with E-state index in [0.29, 0.717) is 31.2 Å². The van der Waals surface area contributed by atoms with E-state index < -0.39 is 5.97 Å². The summed E-state index contributed by atoms with van der Waals surface area (Å²) in [5.74, 6) is -0.149. The predicted molar refractivity (Wildman–Crippen MR) is 77.5 cm³/mol. The molecule has 1 aliphatic rings. The van der Waals surface area contributed by atoms with E-state index in [2.05, 4.69) is 4.98 Å². The third-order valence-corrected chi connectivity index (χ3v) is 3.87. The van der Waals surface area contributed by atoms with Crippen LogP contribution in [0.15, 0.2) is 4.79 Å². The maximum Gasteiger partial charge on any atom is 0.348 e. The number of aryl methyl sites for hydroxylation is 1. The second-order valence-electron chi connectivity index (χ2n) is 5.61. The van der Waals surface area contributed by atoms with Crippen LogP contribution in [0.1, 0.15) is 36.2 Å². The molecule has 1 aliphatic carbocycles. The minimum absolute atomic E-state index is 0.0414. The van der Waals surface area contributed by atoms with Gasteiger partial charge in [-0.05, 0) is 44.6 Å². The Balaban J connectivity index is 2.05. The molecule has 1 heterocycles. The van der Waals surface area contributed by atoms with Crippen LogP contribution in [-0.4, -0.2) is 33.8 Å². The molecule has 6 heteroatoms. The van der Waals surface area contributed by atoms with Gasteiger partial charge < -0.3 is 9.84 Å². The molecule has 0 spiro atoms. The van der Waals surface area contributed by atoms with Crippen molar-refractivity contribution < 1.29 is 14.6 Å². The molecule has 0 unspecified atom stereocenters. The average Bonchev–Trinajstić information content (AvgIpc) is 3.20. The highest BCUT2D eigenvalue weighted by atomic mass is 16.5. The molecule has 0 atom stereocenters. The van der Waals surface area contributed by atoms with Gasteiger partial charge in [-0.25, -0.2) is 4.79 Å². The smallest absolute Gasteiger partial charge is 0.348 e. The zero-order valence-corrected chi connectivity index (χ0v) is 12.6. The Kier molecular flexibility index (Phi) is 5.12. The monoisotopic (exact) mass is 294 g/mol. The lowest BCUT2D eigenvalue weighted by Gasteiger charge is -2.15. The van der Waals surface area contributed by atoms with Crippen LogP contribution in [-0.2, 0) is 22.5 Å². The fourth-order valence-electron chi connectivity index (χ4n) is 2.39. The first-order chi connectivity index (χ1) is 9.99. The van der Waals surface area contributed by atoms with Crippen molar-refractivity contribution in [2.24, 2.45) is 5.92 Å². The van der Waals surface area contributed by atoms with E-state index in [-0.39, 0.29) is 12.1 Å². The van der Waals surface area contributed by atoms with Crippen molar-refractivity contribution >= 4 is 5.97 Å². The highest BCUT2D eigenvalue weighted by molar-refractivity contribution is 5.67. The molecule has 0 aliphatic heterocycles. The quantitative estimate of drug-likeness (QED) is 0.731. The Bertz CT molecular complexity index is 576. The molecule has 0 bridgehead atoms. The van der Waals surface area contributed by atoms with Crippen LogP contribution in [0.5, 0.6) is 0 Å². The number of carboxylic acids is 1. The summed E-state index contributed by atoms with van der Waals surface area (Å²) in [7, 11) is 0. The van der Waals surface area contributed by atoms with Gasteiger partial charge in [-0.3, -0.25) is 9.36 Å². The predicted octanol–water partition coefficient (Wildman–Crippen LogP) is 1.30. The zero-order valence-electron chi connectivity index (χ0n) is 12.6. The highest BCUT2D eigenvalue weighted by Crippen LogP contribution is 2.28. The number of carbonyl (C=O) groups is 1. The van der Waals surface area contributed by atoms with Crippen molar-refractivity contribution in [3.05, 3.63) is 27.4 Å². The van der Waals surface area contributed by atoms with Crippen LogP contribution in [0, 0.1) is 19.8 Å². The summed E-state index contributed by atoms with van der Waals surface area (Å²) in [5, 5.41) is 8.80. The van der Waals surface area contributed by atoms with Crippen LogP contribution >= 0.6 is 0 Å². The van der Waals surface area contributed by atoms with Gasteiger partial charge in [-0.15, -0.1) is 0 Å². The van der Waals surface area contributed by atoms with Gasteiger partial charge in [0.15, 0.2) is 0 Å². The lowest BCUT2D eigenvalue weighted by atomic mass is 10.1. The molecule has 21 heavy (non-hydrogen) atoms. The minimum Gasteiger partial charge on any atom is -0.481 e. The number of hydrogen-bond acceptors (Lipinski definition) is 4. The lowest BCUT2D eigenvalue weighted by molar-refractivity contribution is -0.136. The molecule has 2 rings (SSSR count). The van der Waals surface area contributed by atoms with Gasteiger partial charge in [-0.2, -0.15) is 4.98 Å². The fourth-order valence-corrected chi connectivity index (χ4v) is 2.39. The molecular formula is C15H22N2O4. The van der Waals surface area contributed by atoms with Gasteiger partial charge in [0.05, 0.1) is 13.2 Å². The van der Waals surface area contributed by atoms with Crippen molar-refractivity contribution in [3.63, 3.8) is 0 Å². The first-order valence-corrected chi connectivity index (χ1v) is 7.35. The first-order valence-electron chi connectivity index (χ1n) is 7.35. The van der Waals surface area contributed by atoms with Crippen molar-refractivity contribution in [1.82, 2.24) is 9.55 Å². The number of nitrogens with zero attached hydrogens (tertiary/aromatic N) is 2. The summed E-state index contributed by atoms with van der Waals surface area (Å²) in [6.07, 6.45) is 2.91. The SMILES string of the molecule is Cc1nc(=O)n(CCOCC2CC2)c(C)c1CCC(=O)O. The number of hydrogen-bond donors (Lipinski definition) is 1. The van der Waals surface area contributed by atoms with E-state index in [1.807, 2.05) is 6.92 Å². The van der Waals surface area contributed by atoms with Crippen LogP contribution < -0.4 is 5.69 Å². The van der Waals surface area contributed by atoms with Gasteiger partial charge >= 0.3 is 11.7 Å². The van der Waals surface area contributed by atoms with Crippen LogP contribution in [0.4, 0.5) is 0 Å². The molecule has 1 fully saturated rings. The summed E-state index contributed by atoms with van der Waals surface area (Å²) < 4.78 is 7.14. The van der Waals surface area contributed by atoms with Gasteiger partial charge in [0, 0.05) is 24.4 Å². The standard InChI is InChI=1S/C15H22N2O4/c1-10-13(5-6-14(18)19)11(2)17(15(20)16-10)7-8-21-9-12-3-4-12/h12H,3-9H2,1-2H3,(H,18,19). The molecule has 0 radical (unpaired) electrons. The van der Waals surface area contributed by atoms with Gasteiger partial charge in [0.25, 0.3) is 0 Å². The molecule has 0 amide bonds. The van der Waals surface area contributed by atoms with Gasteiger partial charge in [0.1, 0.15) is 0 Å². The Labute approximate surface area is 123 Å². The van der Waals surface area contributed by atoms with Crippen LogP contribution in [0.25, 0.3) is 0 Å². The third-order valence-electron chi connectivity index (χ3n) is 3.87. The first kappa shape index (κ1) is 15.7. The maximum absolute atomic E-state index is 12.0. The summed E-state index contributed by atoms with van der Waals surface area (Å²) >= 11 is 0. The lowest BCUT2D eigenvalue weighted by Crippen LogP contribution is -2.29. The normalized spacial score (nSPS) is 14.4. The zero-order chi connectivity index (χ0) is 15.4. The number of aromatic nitrogens is 2. The fraction of sp³-hybridized carbons (Fsp3) is 0.667. The Morgan fingerprint density at radius 1 is 1.43 bits per heavy atom.